The third kappa shape index (κ3) is 5.00. The van der Waals surface area contributed by atoms with Crippen molar-refractivity contribution in [3.8, 4) is 0 Å². The van der Waals surface area contributed by atoms with Crippen LogP contribution in [0.3, 0.4) is 0 Å². The summed E-state index contributed by atoms with van der Waals surface area (Å²) < 4.78 is 12.5. The fraction of sp³-hybridized carbons (Fsp3) is 0.538. The summed E-state index contributed by atoms with van der Waals surface area (Å²) in [4.78, 5) is 0. The molecule has 1 atom stereocenters. The topological polar surface area (TPSA) is 0 Å². The van der Waals surface area contributed by atoms with Gasteiger partial charge in [-0.15, -0.1) is 0 Å². The van der Waals surface area contributed by atoms with Gasteiger partial charge in [0.05, 0.1) is 0 Å². The summed E-state index contributed by atoms with van der Waals surface area (Å²) >= 11 is 0. The first-order valence-corrected chi connectivity index (χ1v) is 5.41. The molecule has 0 fully saturated rings. The molecular weight excluding hydrogens is 175 g/mol. The second-order valence-electron chi connectivity index (χ2n) is 3.57. The quantitative estimate of drug-likeness (QED) is 0.640. The maximum Gasteiger partial charge on any atom is 0.123 e. The molecule has 1 aromatic carbocycles. The highest BCUT2D eigenvalue weighted by Crippen LogP contribution is 2.17. The fourth-order valence-electron chi connectivity index (χ4n) is 1.03. The van der Waals surface area contributed by atoms with Crippen molar-refractivity contribution >= 4 is 0 Å². The van der Waals surface area contributed by atoms with Gasteiger partial charge in [-0.05, 0) is 30.0 Å². The lowest BCUT2D eigenvalue weighted by atomic mass is 9.99. The molecule has 1 aromatic rings. The van der Waals surface area contributed by atoms with Gasteiger partial charge in [0.15, 0.2) is 0 Å². The molecule has 0 radical (unpaired) electrons. The second-order valence-corrected chi connectivity index (χ2v) is 3.57. The lowest BCUT2D eigenvalue weighted by Crippen LogP contribution is -1.90. The molecule has 80 valence electrons. The number of hydrogen-bond acceptors (Lipinski definition) is 0. The molecule has 0 aliphatic rings. The van der Waals surface area contributed by atoms with Crippen LogP contribution in [0, 0.1) is 5.82 Å². The molecule has 0 saturated carbocycles. The van der Waals surface area contributed by atoms with Crippen LogP contribution in [0.25, 0.3) is 0 Å². The van der Waals surface area contributed by atoms with Crippen LogP contribution in [0.1, 0.15) is 52.0 Å². The first-order chi connectivity index (χ1) is 6.65. The van der Waals surface area contributed by atoms with Crippen LogP contribution in [0.2, 0.25) is 0 Å². The van der Waals surface area contributed by atoms with E-state index < -0.39 is 0 Å². The van der Waals surface area contributed by atoms with Gasteiger partial charge in [0.1, 0.15) is 5.82 Å². The maximum atomic E-state index is 12.5. The van der Waals surface area contributed by atoms with Gasteiger partial charge in [-0.3, -0.25) is 0 Å². The van der Waals surface area contributed by atoms with Crippen LogP contribution in [-0.4, -0.2) is 0 Å². The molecule has 0 bridgehead atoms. The predicted octanol–water partition coefficient (Wildman–Crippen LogP) is 4.76. The molecule has 0 heterocycles. The molecule has 0 aliphatic heterocycles. The Bertz CT molecular complexity index is 225. The number of rotatable bonds is 2. The molecular formula is C13H21F. The van der Waals surface area contributed by atoms with E-state index >= 15 is 0 Å². The Kier molecular flexibility index (Phi) is 7.09. The van der Waals surface area contributed by atoms with Crippen LogP contribution < -0.4 is 0 Å². The lowest BCUT2D eigenvalue weighted by molar-refractivity contribution is 0.625. The molecule has 0 aromatic heterocycles. The number of halogens is 1. The van der Waals surface area contributed by atoms with E-state index in [1.54, 1.807) is 0 Å². The predicted molar refractivity (Wildman–Crippen MR) is 61.1 cm³/mol. The molecule has 0 amide bonds. The summed E-state index contributed by atoms with van der Waals surface area (Å²) in [5.74, 6) is 0.382. The summed E-state index contributed by atoms with van der Waals surface area (Å²) in [5.41, 5.74) is 1.22. The fourth-order valence-corrected chi connectivity index (χ4v) is 1.03. The minimum Gasteiger partial charge on any atom is -0.207 e. The Balaban J connectivity index is 0.000000500. The third-order valence-corrected chi connectivity index (χ3v) is 2.05. The van der Waals surface area contributed by atoms with E-state index in [0.717, 1.165) is 6.42 Å². The zero-order valence-electron chi connectivity index (χ0n) is 9.68. The third-order valence-electron chi connectivity index (χ3n) is 2.05. The Morgan fingerprint density at radius 2 is 1.50 bits per heavy atom. The molecule has 0 nitrogen and oxygen atoms in total. The van der Waals surface area contributed by atoms with Gasteiger partial charge in [0, 0.05) is 0 Å². The SMILES string of the molecule is CCC.CCC(C)c1ccc(F)cc1. The van der Waals surface area contributed by atoms with Crippen molar-refractivity contribution in [1.29, 1.82) is 0 Å². The summed E-state index contributed by atoms with van der Waals surface area (Å²) in [7, 11) is 0. The first-order valence-electron chi connectivity index (χ1n) is 5.41. The molecule has 0 aliphatic carbocycles. The zero-order chi connectivity index (χ0) is 11.0. The molecule has 14 heavy (non-hydrogen) atoms. The van der Waals surface area contributed by atoms with Crippen molar-refractivity contribution in [3.63, 3.8) is 0 Å². The molecule has 1 heteroatoms. The number of benzene rings is 1. The summed E-state index contributed by atoms with van der Waals surface area (Å²) in [6.45, 7) is 8.53. The van der Waals surface area contributed by atoms with E-state index in [1.165, 1.54) is 24.1 Å². The van der Waals surface area contributed by atoms with E-state index in [0.29, 0.717) is 5.92 Å². The van der Waals surface area contributed by atoms with Crippen molar-refractivity contribution in [2.24, 2.45) is 0 Å². The monoisotopic (exact) mass is 196 g/mol. The van der Waals surface area contributed by atoms with Crippen LogP contribution in [0.4, 0.5) is 4.39 Å². The van der Waals surface area contributed by atoms with Crippen LogP contribution in [0.15, 0.2) is 24.3 Å². The largest absolute Gasteiger partial charge is 0.207 e. The number of hydrogen-bond donors (Lipinski definition) is 0. The van der Waals surface area contributed by atoms with Crippen LogP contribution in [-0.2, 0) is 0 Å². The standard InChI is InChI=1S/C10H13F.C3H8/c1-3-8(2)9-4-6-10(11)7-5-9;1-3-2/h4-8H,3H2,1-2H3;3H2,1-2H3. The van der Waals surface area contributed by atoms with Gasteiger partial charge in [-0.25, -0.2) is 4.39 Å². The highest BCUT2D eigenvalue weighted by molar-refractivity contribution is 5.19. The Morgan fingerprint density at radius 3 is 1.86 bits per heavy atom. The van der Waals surface area contributed by atoms with E-state index in [1.807, 2.05) is 12.1 Å². The highest BCUT2D eigenvalue weighted by atomic mass is 19.1. The molecule has 1 unspecified atom stereocenters. The minimum absolute atomic E-state index is 0.156. The van der Waals surface area contributed by atoms with Crippen molar-refractivity contribution in [3.05, 3.63) is 35.6 Å². The van der Waals surface area contributed by atoms with Gasteiger partial charge < -0.3 is 0 Å². The van der Waals surface area contributed by atoms with Crippen molar-refractivity contribution in [2.45, 2.75) is 46.5 Å². The van der Waals surface area contributed by atoms with E-state index in [2.05, 4.69) is 27.7 Å². The van der Waals surface area contributed by atoms with Crippen molar-refractivity contribution < 1.29 is 4.39 Å². The van der Waals surface area contributed by atoms with E-state index in [4.69, 9.17) is 0 Å². The molecule has 1 rings (SSSR count). The minimum atomic E-state index is -0.156. The van der Waals surface area contributed by atoms with Crippen molar-refractivity contribution in [2.75, 3.05) is 0 Å². The second kappa shape index (κ2) is 7.54. The zero-order valence-corrected chi connectivity index (χ0v) is 9.68. The lowest BCUT2D eigenvalue weighted by Gasteiger charge is -2.07. The summed E-state index contributed by atoms with van der Waals surface area (Å²) in [6, 6.07) is 6.73. The van der Waals surface area contributed by atoms with Crippen LogP contribution >= 0.6 is 0 Å². The molecule has 0 N–H and O–H groups in total. The Hall–Kier alpha value is -0.850. The van der Waals surface area contributed by atoms with Gasteiger partial charge in [0.2, 0.25) is 0 Å². The van der Waals surface area contributed by atoms with E-state index in [9.17, 15) is 4.39 Å². The average molecular weight is 196 g/mol. The average Bonchev–Trinajstić information content (AvgIpc) is 2.19. The molecule has 0 spiro atoms. The van der Waals surface area contributed by atoms with E-state index in [-0.39, 0.29) is 5.82 Å². The summed E-state index contributed by atoms with van der Waals surface area (Å²) in [6.07, 6.45) is 2.35. The normalized spacial score (nSPS) is 11.5. The van der Waals surface area contributed by atoms with Gasteiger partial charge in [-0.2, -0.15) is 0 Å². The maximum absolute atomic E-state index is 12.5. The van der Waals surface area contributed by atoms with Crippen molar-refractivity contribution in [1.82, 2.24) is 0 Å². The summed E-state index contributed by atoms with van der Waals surface area (Å²) in [5, 5.41) is 0. The first kappa shape index (κ1) is 13.2. The smallest absolute Gasteiger partial charge is 0.123 e. The van der Waals surface area contributed by atoms with Crippen LogP contribution in [0.5, 0.6) is 0 Å². The highest BCUT2D eigenvalue weighted by Gasteiger charge is 2.01. The Morgan fingerprint density at radius 1 is 1.07 bits per heavy atom. The van der Waals surface area contributed by atoms with Gasteiger partial charge >= 0.3 is 0 Å². The molecule has 0 saturated heterocycles. The Labute approximate surface area is 87.2 Å². The van der Waals surface area contributed by atoms with Gasteiger partial charge in [-0.1, -0.05) is 46.2 Å². The van der Waals surface area contributed by atoms with Gasteiger partial charge in [0.25, 0.3) is 0 Å².